The van der Waals surface area contributed by atoms with E-state index in [0.29, 0.717) is 12.1 Å². The molecule has 4 aromatic carbocycles. The van der Waals surface area contributed by atoms with Gasteiger partial charge in [0.15, 0.2) is 4.73 Å². The van der Waals surface area contributed by atoms with E-state index in [1.807, 2.05) is 6.33 Å². The van der Waals surface area contributed by atoms with Gasteiger partial charge in [0, 0.05) is 23.2 Å². The van der Waals surface area contributed by atoms with Crippen LogP contribution in [0.15, 0.2) is 76.0 Å². The first-order chi connectivity index (χ1) is 21.8. The summed E-state index contributed by atoms with van der Waals surface area (Å²) in [6, 6.07) is 22.7. The number of hydrogen-bond donors (Lipinski definition) is 1. The second-order valence-electron chi connectivity index (χ2n) is 12.6. The summed E-state index contributed by atoms with van der Waals surface area (Å²) in [6.07, 6.45) is 1.96. The maximum atomic E-state index is 4.79. The second kappa shape index (κ2) is 16.1. The van der Waals surface area contributed by atoms with E-state index in [1.54, 1.807) is 0 Å². The Balaban J connectivity index is 0.000000232. The predicted octanol–water partition coefficient (Wildman–Crippen LogP) is 12.0. The van der Waals surface area contributed by atoms with Crippen molar-refractivity contribution in [3.05, 3.63) is 105 Å². The Morgan fingerprint density at radius 1 is 0.702 bits per heavy atom. The van der Waals surface area contributed by atoms with Crippen molar-refractivity contribution in [2.45, 2.75) is 88.7 Å². The minimum atomic E-state index is 0. The third-order valence-corrected chi connectivity index (χ3v) is 8.81. The third kappa shape index (κ3) is 7.98. The Morgan fingerprint density at radius 3 is 1.55 bits per heavy atom. The minimum absolute atomic E-state index is 0. The standard InChI is InChI=1S/C19H21BrN2.C19H22N2.CH4.BHNS/c1-11(2)22-16-8-6-7-15(18(16)21-19(22)20)17-13(4)9-12(3)10-14(17)5;1-12(2)21-11-20-19-16(7-6-8-17(19)21)18-14(4)9-13(3)10-15(18)5;;1-2-3/h6-11H,1-5H3;6-12H,1-5H3;1H4;3H. The van der Waals surface area contributed by atoms with Crippen molar-refractivity contribution >= 4 is 58.5 Å². The molecule has 47 heavy (non-hydrogen) atoms. The molecule has 0 aliphatic rings. The Labute approximate surface area is 296 Å². The van der Waals surface area contributed by atoms with Crippen molar-refractivity contribution < 1.29 is 0 Å². The van der Waals surface area contributed by atoms with Crippen LogP contribution in [0, 0.1) is 41.5 Å². The van der Waals surface area contributed by atoms with Crippen LogP contribution >= 0.6 is 28.7 Å². The molecule has 245 valence electrons. The van der Waals surface area contributed by atoms with E-state index in [2.05, 4.69) is 185 Å². The van der Waals surface area contributed by atoms with E-state index < -0.39 is 0 Å². The van der Waals surface area contributed by atoms with Gasteiger partial charge in [0.2, 0.25) is 0 Å². The molecule has 5 nitrogen and oxygen atoms in total. The van der Waals surface area contributed by atoms with Crippen molar-refractivity contribution in [1.82, 2.24) is 19.1 Å². The van der Waals surface area contributed by atoms with Crippen molar-refractivity contribution in [3.63, 3.8) is 0 Å². The number of fused-ring (bicyclic) bond motifs is 2. The quantitative estimate of drug-likeness (QED) is 0.146. The first-order valence-electron chi connectivity index (χ1n) is 15.6. The van der Waals surface area contributed by atoms with Crippen LogP contribution < -0.4 is 0 Å². The van der Waals surface area contributed by atoms with Crippen molar-refractivity contribution in [2.24, 2.45) is 4.30 Å². The fourth-order valence-electron chi connectivity index (χ4n) is 6.66. The van der Waals surface area contributed by atoms with E-state index in [0.717, 1.165) is 15.8 Å². The monoisotopic (exact) mass is 708 g/mol. The van der Waals surface area contributed by atoms with E-state index in [1.165, 1.54) is 66.7 Å². The van der Waals surface area contributed by atoms with Gasteiger partial charge in [0.25, 0.3) is 0 Å². The van der Waals surface area contributed by atoms with Crippen LogP contribution in [-0.2, 0) is 0 Å². The van der Waals surface area contributed by atoms with Gasteiger partial charge in [-0.15, -0.1) is 0 Å². The number of benzene rings is 4. The number of hydrogen-bond acceptors (Lipinski definition) is 4. The second-order valence-corrected chi connectivity index (χ2v) is 13.5. The molecular formula is C39H48BBrN5S. The molecule has 0 N–H and O–H groups in total. The zero-order valence-corrected chi connectivity index (χ0v) is 31.1. The summed E-state index contributed by atoms with van der Waals surface area (Å²) in [4.78, 5) is 9.48. The normalized spacial score (nSPS) is 10.8. The zero-order chi connectivity index (χ0) is 33.9. The molecule has 0 unspecified atom stereocenters. The Morgan fingerprint density at radius 2 is 1.13 bits per heavy atom. The van der Waals surface area contributed by atoms with Crippen LogP contribution in [-0.4, -0.2) is 26.7 Å². The van der Waals surface area contributed by atoms with Gasteiger partial charge in [-0.1, -0.05) is 67.1 Å². The van der Waals surface area contributed by atoms with Gasteiger partial charge in [-0.25, -0.2) is 9.97 Å². The number of para-hydroxylation sites is 2. The summed E-state index contributed by atoms with van der Waals surface area (Å²) in [7, 11) is 4.34. The molecule has 6 rings (SSSR count). The van der Waals surface area contributed by atoms with Crippen LogP contribution in [0.1, 0.15) is 80.6 Å². The van der Waals surface area contributed by atoms with Crippen LogP contribution in [0.4, 0.5) is 0 Å². The van der Waals surface area contributed by atoms with Gasteiger partial charge >= 0.3 is 24.8 Å². The van der Waals surface area contributed by atoms with Crippen LogP contribution in [0.25, 0.3) is 44.3 Å². The number of imidazole rings is 2. The third-order valence-electron chi connectivity index (χ3n) is 8.25. The molecule has 0 spiro atoms. The molecule has 0 fully saturated rings. The average Bonchev–Trinajstić information content (AvgIpc) is 3.54. The summed E-state index contributed by atoms with van der Waals surface area (Å²) in [5.74, 6) is 0. The van der Waals surface area contributed by atoms with Crippen LogP contribution in [0.2, 0.25) is 0 Å². The topological polar surface area (TPSA) is 48.0 Å². The van der Waals surface area contributed by atoms with Crippen molar-refractivity contribution in [3.8, 4) is 22.3 Å². The summed E-state index contributed by atoms with van der Waals surface area (Å²) in [5.41, 5.74) is 17.5. The maximum absolute atomic E-state index is 4.79. The molecule has 1 radical (unpaired) electrons. The van der Waals surface area contributed by atoms with Crippen LogP contribution in [0.3, 0.4) is 0 Å². The molecule has 0 saturated carbocycles. The number of thiol groups is 1. The number of rotatable bonds is 4. The Kier molecular flexibility index (Phi) is 13.0. The number of aromatic nitrogens is 4. The molecule has 6 aromatic rings. The zero-order valence-electron chi connectivity index (χ0n) is 28.6. The fourth-order valence-corrected chi connectivity index (χ4v) is 7.44. The Bertz CT molecular complexity index is 1980. The van der Waals surface area contributed by atoms with E-state index >= 15 is 0 Å². The molecule has 0 amide bonds. The fraction of sp³-hybridized carbons (Fsp3) is 0.333. The first kappa shape index (κ1) is 38.0. The number of halogens is 1. The van der Waals surface area contributed by atoms with Gasteiger partial charge in [0.05, 0.1) is 28.4 Å². The molecule has 0 saturated heterocycles. The molecule has 2 heterocycles. The van der Waals surface area contributed by atoms with E-state index in [-0.39, 0.29) is 7.43 Å². The molecule has 0 atom stereocenters. The summed E-state index contributed by atoms with van der Waals surface area (Å²) in [6.45, 7) is 21.8. The first-order valence-corrected chi connectivity index (χ1v) is 16.8. The van der Waals surface area contributed by atoms with Crippen LogP contribution in [0.5, 0.6) is 0 Å². The van der Waals surface area contributed by atoms with Crippen molar-refractivity contribution in [1.29, 1.82) is 0 Å². The molecule has 2 aromatic heterocycles. The summed E-state index contributed by atoms with van der Waals surface area (Å²) in [5, 5.41) is 0. The Hall–Kier alpha value is -3.49. The molecular weight excluding hydrogens is 661 g/mol. The molecule has 0 bridgehead atoms. The molecule has 0 aliphatic carbocycles. The predicted molar refractivity (Wildman–Crippen MR) is 211 cm³/mol. The average molecular weight is 710 g/mol. The number of nitrogens with zero attached hydrogens (tertiary/aromatic N) is 5. The van der Waals surface area contributed by atoms with Gasteiger partial charge < -0.3 is 9.13 Å². The van der Waals surface area contributed by atoms with Crippen molar-refractivity contribution in [2.75, 3.05) is 0 Å². The van der Waals surface area contributed by atoms with Gasteiger partial charge in [0.1, 0.15) is 0 Å². The van der Waals surface area contributed by atoms with Gasteiger partial charge in [-0.05, 0) is 131 Å². The SMILES string of the molecule is C.Cc1cc(C)c(-c2cccc3c2nc(Br)n3C(C)C)c(C)c1.Cc1cc(C)c(-c2cccc3c2ncn3C(C)C)c(C)c1.[B]=NS. The van der Waals surface area contributed by atoms with E-state index in [9.17, 15) is 0 Å². The summed E-state index contributed by atoms with van der Waals surface area (Å²) >= 11 is 6.81. The van der Waals surface area contributed by atoms with Gasteiger partial charge in [-0.3, -0.25) is 0 Å². The number of aryl methyl sites for hydroxylation is 6. The van der Waals surface area contributed by atoms with Gasteiger partial charge in [-0.2, -0.15) is 0 Å². The molecule has 8 heteroatoms. The van der Waals surface area contributed by atoms with E-state index in [4.69, 9.17) is 4.98 Å². The summed E-state index contributed by atoms with van der Waals surface area (Å²) < 4.78 is 8.06. The molecule has 0 aliphatic heterocycles.